The van der Waals surface area contributed by atoms with Crippen molar-refractivity contribution in [1.29, 1.82) is 0 Å². The van der Waals surface area contributed by atoms with Crippen molar-refractivity contribution in [1.82, 2.24) is 4.98 Å². The summed E-state index contributed by atoms with van der Waals surface area (Å²) in [5, 5.41) is 21.7. The number of anilines is 1. The molecule has 98 valence electrons. The molecule has 0 aromatic carbocycles. The molecule has 0 aliphatic carbocycles. The topological polar surface area (TPSA) is 115 Å². The summed E-state index contributed by atoms with van der Waals surface area (Å²) < 4.78 is 5.26. The zero-order valence-electron chi connectivity index (χ0n) is 9.13. The number of nitrogens with zero attached hydrogens (tertiary/aromatic N) is 2. The molecule has 0 amide bonds. The van der Waals surface area contributed by atoms with Crippen molar-refractivity contribution in [2.45, 2.75) is 0 Å². The molecule has 2 N–H and O–H groups in total. The molecule has 0 bridgehead atoms. The van der Waals surface area contributed by atoms with Crippen molar-refractivity contribution in [3.05, 3.63) is 26.9 Å². The van der Waals surface area contributed by atoms with Crippen LogP contribution in [0.5, 0.6) is 0 Å². The maximum atomic E-state index is 10.5. The minimum absolute atomic E-state index is 0.116. The Hall–Kier alpha value is -1.74. The molecule has 0 spiro atoms. The average Bonchev–Trinajstić information content (AvgIpc) is 2.29. The highest BCUT2D eigenvalue weighted by Gasteiger charge is 2.10. The van der Waals surface area contributed by atoms with Gasteiger partial charge in [0.25, 0.3) is 5.69 Å². The zero-order chi connectivity index (χ0) is 13.5. The molecule has 1 aromatic heterocycles. The Bertz CT molecular complexity index is 454. The molecule has 18 heavy (non-hydrogen) atoms. The van der Waals surface area contributed by atoms with Gasteiger partial charge < -0.3 is 15.2 Å². The van der Waals surface area contributed by atoms with Gasteiger partial charge in [-0.1, -0.05) is 0 Å². The Morgan fingerprint density at radius 2 is 2.39 bits per heavy atom. The number of hydrogen-bond acceptors (Lipinski definition) is 6. The van der Waals surface area contributed by atoms with Gasteiger partial charge in [0.05, 0.1) is 16.0 Å². The fraction of sp³-hybridized carbons (Fsp3) is 0.333. The highest BCUT2D eigenvalue weighted by molar-refractivity contribution is 9.10. The van der Waals surface area contributed by atoms with Crippen LogP contribution in [-0.4, -0.2) is 40.7 Å². The molecular formula is C9H10BrN3O5. The van der Waals surface area contributed by atoms with Crippen molar-refractivity contribution in [2.24, 2.45) is 0 Å². The minimum atomic E-state index is -1.04. The third-order valence-electron chi connectivity index (χ3n) is 1.80. The van der Waals surface area contributed by atoms with Crippen LogP contribution < -0.4 is 5.32 Å². The van der Waals surface area contributed by atoms with E-state index in [1.165, 1.54) is 6.07 Å². The normalized spacial score (nSPS) is 10.1. The van der Waals surface area contributed by atoms with Crippen LogP contribution in [0.4, 0.5) is 11.5 Å². The first-order valence-electron chi connectivity index (χ1n) is 4.84. The van der Waals surface area contributed by atoms with E-state index < -0.39 is 10.9 Å². The summed E-state index contributed by atoms with van der Waals surface area (Å²) in [5.41, 5.74) is -0.116. The second-order valence-electron chi connectivity index (χ2n) is 3.15. The number of pyridine rings is 1. The number of hydrogen-bond donors (Lipinski definition) is 2. The van der Waals surface area contributed by atoms with E-state index in [0.29, 0.717) is 16.8 Å². The van der Waals surface area contributed by atoms with Crippen LogP contribution in [0.3, 0.4) is 0 Å². The maximum absolute atomic E-state index is 10.5. The van der Waals surface area contributed by atoms with Gasteiger partial charge in [0.15, 0.2) is 0 Å². The van der Waals surface area contributed by atoms with Gasteiger partial charge in [-0.05, 0) is 15.9 Å². The van der Waals surface area contributed by atoms with Crippen LogP contribution in [0, 0.1) is 10.1 Å². The number of carbonyl (C=O) groups is 1. The summed E-state index contributed by atoms with van der Waals surface area (Å²) >= 11 is 3.14. The molecule has 1 rings (SSSR count). The second kappa shape index (κ2) is 6.87. The van der Waals surface area contributed by atoms with Gasteiger partial charge in [-0.25, -0.2) is 9.78 Å². The molecule has 0 aliphatic heterocycles. The molecule has 9 heteroatoms. The van der Waals surface area contributed by atoms with Crippen LogP contribution in [0.1, 0.15) is 0 Å². The lowest BCUT2D eigenvalue weighted by Gasteiger charge is -2.06. The SMILES string of the molecule is O=C(O)COCCNc1ncc([N+](=O)[O-])cc1Br. The van der Waals surface area contributed by atoms with Gasteiger partial charge in [-0.2, -0.15) is 0 Å². The van der Waals surface area contributed by atoms with E-state index in [0.717, 1.165) is 6.20 Å². The Morgan fingerprint density at radius 1 is 1.67 bits per heavy atom. The van der Waals surface area contributed by atoms with Gasteiger partial charge in [-0.15, -0.1) is 0 Å². The Labute approximate surface area is 110 Å². The maximum Gasteiger partial charge on any atom is 0.329 e. The van der Waals surface area contributed by atoms with E-state index >= 15 is 0 Å². The molecule has 0 aliphatic rings. The van der Waals surface area contributed by atoms with Crippen LogP contribution >= 0.6 is 15.9 Å². The number of nitrogens with one attached hydrogen (secondary N) is 1. The number of ether oxygens (including phenoxy) is 1. The Kier molecular flexibility index (Phi) is 5.46. The number of rotatable bonds is 7. The number of aromatic nitrogens is 1. The smallest absolute Gasteiger partial charge is 0.329 e. The lowest BCUT2D eigenvalue weighted by molar-refractivity contribution is -0.385. The summed E-state index contributed by atoms with van der Waals surface area (Å²) in [6.45, 7) is 0.171. The first-order valence-corrected chi connectivity index (χ1v) is 5.63. The van der Waals surface area contributed by atoms with Crippen LogP contribution in [0.2, 0.25) is 0 Å². The van der Waals surface area contributed by atoms with E-state index in [4.69, 9.17) is 9.84 Å². The summed E-state index contributed by atoms with van der Waals surface area (Å²) in [5.74, 6) is -0.607. The van der Waals surface area contributed by atoms with Crippen LogP contribution in [0.25, 0.3) is 0 Å². The molecular weight excluding hydrogens is 310 g/mol. The number of halogens is 1. The average molecular weight is 320 g/mol. The third kappa shape index (κ3) is 4.63. The van der Waals surface area contributed by atoms with Gasteiger partial charge in [-0.3, -0.25) is 10.1 Å². The number of aliphatic carboxylic acids is 1. The van der Waals surface area contributed by atoms with Crippen LogP contribution in [0.15, 0.2) is 16.7 Å². The summed E-state index contributed by atoms with van der Waals surface area (Å²) in [6.07, 6.45) is 1.13. The van der Waals surface area contributed by atoms with E-state index in [9.17, 15) is 14.9 Å². The Balaban J connectivity index is 2.43. The summed E-state index contributed by atoms with van der Waals surface area (Å²) in [7, 11) is 0. The lowest BCUT2D eigenvalue weighted by Crippen LogP contribution is -2.14. The molecule has 0 unspecified atom stereocenters. The summed E-state index contributed by atoms with van der Waals surface area (Å²) in [4.78, 5) is 24.0. The van der Waals surface area contributed by atoms with E-state index in [2.05, 4.69) is 26.2 Å². The van der Waals surface area contributed by atoms with Gasteiger partial charge in [0.1, 0.15) is 18.6 Å². The van der Waals surface area contributed by atoms with Gasteiger partial charge in [0.2, 0.25) is 0 Å². The fourth-order valence-electron chi connectivity index (χ4n) is 1.06. The van der Waals surface area contributed by atoms with Gasteiger partial charge >= 0.3 is 5.97 Å². The molecule has 1 aromatic rings. The molecule has 0 fully saturated rings. The monoisotopic (exact) mass is 319 g/mol. The predicted octanol–water partition coefficient (Wildman–Crippen LogP) is 1.27. The van der Waals surface area contributed by atoms with Crippen LogP contribution in [-0.2, 0) is 9.53 Å². The van der Waals surface area contributed by atoms with Crippen molar-refractivity contribution in [3.63, 3.8) is 0 Å². The molecule has 8 nitrogen and oxygen atoms in total. The minimum Gasteiger partial charge on any atom is -0.480 e. The zero-order valence-corrected chi connectivity index (χ0v) is 10.7. The number of nitro groups is 1. The van der Waals surface area contributed by atoms with Crippen molar-refractivity contribution >= 4 is 33.4 Å². The third-order valence-corrected chi connectivity index (χ3v) is 2.41. The fourth-order valence-corrected chi connectivity index (χ4v) is 1.54. The first kappa shape index (κ1) is 14.3. The molecule has 1 heterocycles. The van der Waals surface area contributed by atoms with E-state index in [1.807, 2.05) is 0 Å². The second-order valence-corrected chi connectivity index (χ2v) is 4.01. The lowest BCUT2D eigenvalue weighted by atomic mass is 10.4. The standard InChI is InChI=1S/C9H10BrN3O5/c10-7-3-6(13(16)17)4-12-9(7)11-1-2-18-5-8(14)15/h3-4H,1-2,5H2,(H,11,12)(H,14,15). The Morgan fingerprint density at radius 3 is 2.94 bits per heavy atom. The summed E-state index contributed by atoms with van der Waals surface area (Å²) in [6, 6.07) is 1.33. The highest BCUT2D eigenvalue weighted by Crippen LogP contribution is 2.23. The van der Waals surface area contributed by atoms with Crippen molar-refractivity contribution in [3.8, 4) is 0 Å². The first-order chi connectivity index (χ1) is 8.50. The van der Waals surface area contributed by atoms with E-state index in [1.54, 1.807) is 0 Å². The van der Waals surface area contributed by atoms with Gasteiger partial charge in [0, 0.05) is 12.6 Å². The van der Waals surface area contributed by atoms with Crippen molar-refractivity contribution < 1.29 is 19.6 Å². The number of carboxylic acid groups (broad SMARTS) is 1. The highest BCUT2D eigenvalue weighted by atomic mass is 79.9. The van der Waals surface area contributed by atoms with E-state index in [-0.39, 0.29) is 18.9 Å². The van der Waals surface area contributed by atoms with Crippen molar-refractivity contribution in [2.75, 3.05) is 25.1 Å². The predicted molar refractivity (Wildman–Crippen MR) is 65.5 cm³/mol. The molecule has 0 atom stereocenters. The molecule has 0 saturated heterocycles. The molecule has 0 radical (unpaired) electrons. The quantitative estimate of drug-likeness (QED) is 0.441. The largest absolute Gasteiger partial charge is 0.480 e. The molecule has 0 saturated carbocycles. The number of carboxylic acids is 1.